The van der Waals surface area contributed by atoms with Crippen molar-refractivity contribution in [3.05, 3.63) is 29.8 Å². The lowest BCUT2D eigenvalue weighted by Gasteiger charge is -2.10. The molecule has 1 aliphatic rings. The predicted octanol–water partition coefficient (Wildman–Crippen LogP) is 1.24. The largest absolute Gasteiger partial charge is 0.480 e. The van der Waals surface area contributed by atoms with E-state index in [4.69, 9.17) is 5.11 Å². The smallest absolute Gasteiger partial charge is 0.325 e. The van der Waals surface area contributed by atoms with Crippen LogP contribution in [0.4, 0.5) is 5.69 Å². The van der Waals surface area contributed by atoms with Crippen molar-refractivity contribution in [2.75, 3.05) is 5.32 Å². The zero-order valence-corrected chi connectivity index (χ0v) is 11.1. The number of anilines is 1. The molecular formula is C14H16N2O4. The molecule has 0 aromatic heterocycles. The molecule has 1 aromatic carbocycles. The molecule has 1 saturated carbocycles. The number of nitrogens with one attached hydrogen (secondary N) is 2. The van der Waals surface area contributed by atoms with Gasteiger partial charge >= 0.3 is 5.97 Å². The Bertz CT molecular complexity index is 535. The van der Waals surface area contributed by atoms with Crippen LogP contribution in [0, 0.1) is 5.92 Å². The Balaban J connectivity index is 1.94. The van der Waals surface area contributed by atoms with Crippen LogP contribution in [0.3, 0.4) is 0 Å². The summed E-state index contributed by atoms with van der Waals surface area (Å²) >= 11 is 0. The number of carboxylic acids is 1. The van der Waals surface area contributed by atoms with Crippen molar-refractivity contribution in [3.63, 3.8) is 0 Å². The second-order valence-electron chi connectivity index (χ2n) is 4.87. The number of benzene rings is 1. The number of hydrogen-bond acceptors (Lipinski definition) is 3. The van der Waals surface area contributed by atoms with E-state index in [1.54, 1.807) is 24.3 Å². The van der Waals surface area contributed by atoms with E-state index in [9.17, 15) is 14.4 Å². The molecule has 1 aromatic rings. The number of aliphatic carboxylic acids is 1. The van der Waals surface area contributed by atoms with E-state index >= 15 is 0 Å². The summed E-state index contributed by atoms with van der Waals surface area (Å²) < 4.78 is 0. The first-order valence-corrected chi connectivity index (χ1v) is 6.42. The van der Waals surface area contributed by atoms with Gasteiger partial charge in [0.15, 0.2) is 0 Å². The fraction of sp³-hybridized carbons (Fsp3) is 0.357. The Labute approximate surface area is 116 Å². The fourth-order valence-corrected chi connectivity index (χ4v) is 1.64. The third-order valence-electron chi connectivity index (χ3n) is 3.08. The van der Waals surface area contributed by atoms with E-state index in [-0.39, 0.29) is 11.8 Å². The van der Waals surface area contributed by atoms with Crippen LogP contribution in [0.25, 0.3) is 0 Å². The standard InChI is InChI=1S/C14H16N2O4/c1-8(14(19)20)15-12(17)10-4-6-11(7-5-10)16-13(18)9-2-3-9/h4-9H,2-3H2,1H3,(H,15,17)(H,16,18)(H,19,20)/t8-/m0/s1. The Morgan fingerprint density at radius 1 is 1.20 bits per heavy atom. The summed E-state index contributed by atoms with van der Waals surface area (Å²) in [5.41, 5.74) is 0.979. The topological polar surface area (TPSA) is 95.5 Å². The van der Waals surface area contributed by atoms with Crippen molar-refractivity contribution < 1.29 is 19.5 Å². The lowest BCUT2D eigenvalue weighted by molar-refractivity contribution is -0.138. The summed E-state index contributed by atoms with van der Waals surface area (Å²) in [6.45, 7) is 1.39. The molecule has 2 amide bonds. The van der Waals surface area contributed by atoms with Crippen LogP contribution in [0.2, 0.25) is 0 Å². The van der Waals surface area contributed by atoms with Gasteiger partial charge in [-0.15, -0.1) is 0 Å². The van der Waals surface area contributed by atoms with Gasteiger partial charge < -0.3 is 15.7 Å². The Morgan fingerprint density at radius 3 is 2.30 bits per heavy atom. The number of carbonyl (C=O) groups is 3. The van der Waals surface area contributed by atoms with Gasteiger partial charge in [0.05, 0.1) is 0 Å². The van der Waals surface area contributed by atoms with Crippen LogP contribution in [-0.4, -0.2) is 28.9 Å². The third kappa shape index (κ3) is 3.57. The number of carboxylic acid groups (broad SMARTS) is 1. The monoisotopic (exact) mass is 276 g/mol. The predicted molar refractivity (Wildman–Crippen MR) is 72.4 cm³/mol. The van der Waals surface area contributed by atoms with Crippen molar-refractivity contribution in [1.82, 2.24) is 5.32 Å². The molecule has 0 bridgehead atoms. The molecule has 2 rings (SSSR count). The van der Waals surface area contributed by atoms with Gasteiger partial charge in [0.25, 0.3) is 5.91 Å². The summed E-state index contributed by atoms with van der Waals surface area (Å²) in [5.74, 6) is -1.43. The maximum atomic E-state index is 11.7. The average molecular weight is 276 g/mol. The Morgan fingerprint density at radius 2 is 1.80 bits per heavy atom. The SMILES string of the molecule is C[C@H](NC(=O)c1ccc(NC(=O)C2CC2)cc1)C(=O)O. The van der Waals surface area contributed by atoms with Gasteiger partial charge in [-0.25, -0.2) is 0 Å². The molecule has 1 atom stereocenters. The van der Waals surface area contributed by atoms with Crippen LogP contribution in [0.5, 0.6) is 0 Å². The number of carbonyl (C=O) groups excluding carboxylic acids is 2. The summed E-state index contributed by atoms with van der Waals surface area (Å²) in [5, 5.41) is 13.8. The quantitative estimate of drug-likeness (QED) is 0.754. The van der Waals surface area contributed by atoms with Crippen molar-refractivity contribution in [2.45, 2.75) is 25.8 Å². The van der Waals surface area contributed by atoms with Crippen molar-refractivity contribution >= 4 is 23.5 Å². The molecular weight excluding hydrogens is 260 g/mol. The molecule has 20 heavy (non-hydrogen) atoms. The maximum absolute atomic E-state index is 11.7. The van der Waals surface area contributed by atoms with Crippen molar-refractivity contribution in [1.29, 1.82) is 0 Å². The molecule has 0 spiro atoms. The number of amides is 2. The molecule has 1 aliphatic carbocycles. The summed E-state index contributed by atoms with van der Waals surface area (Å²) in [4.78, 5) is 34.0. The first-order chi connectivity index (χ1) is 9.47. The van der Waals surface area contributed by atoms with Gasteiger partial charge in [-0.3, -0.25) is 14.4 Å². The van der Waals surface area contributed by atoms with Crippen LogP contribution in [0.15, 0.2) is 24.3 Å². The van der Waals surface area contributed by atoms with E-state index in [0.717, 1.165) is 12.8 Å². The fourth-order valence-electron chi connectivity index (χ4n) is 1.64. The molecule has 0 radical (unpaired) electrons. The summed E-state index contributed by atoms with van der Waals surface area (Å²) in [7, 11) is 0. The summed E-state index contributed by atoms with van der Waals surface area (Å²) in [6, 6.07) is 5.40. The van der Waals surface area contributed by atoms with Gasteiger partial charge in [0.2, 0.25) is 5.91 Å². The van der Waals surface area contributed by atoms with Crippen LogP contribution >= 0.6 is 0 Å². The van der Waals surface area contributed by atoms with Gasteiger partial charge in [0, 0.05) is 17.2 Å². The minimum atomic E-state index is -1.09. The highest BCUT2D eigenvalue weighted by Gasteiger charge is 2.29. The van der Waals surface area contributed by atoms with Crippen LogP contribution in [-0.2, 0) is 9.59 Å². The second kappa shape index (κ2) is 5.73. The zero-order valence-electron chi connectivity index (χ0n) is 11.1. The molecule has 0 aliphatic heterocycles. The minimum Gasteiger partial charge on any atom is -0.480 e. The zero-order chi connectivity index (χ0) is 14.7. The highest BCUT2D eigenvalue weighted by atomic mass is 16.4. The average Bonchev–Trinajstić information content (AvgIpc) is 3.23. The van der Waals surface area contributed by atoms with Gasteiger partial charge in [0.1, 0.15) is 6.04 Å². The van der Waals surface area contributed by atoms with Crippen molar-refractivity contribution in [2.24, 2.45) is 5.92 Å². The third-order valence-corrected chi connectivity index (χ3v) is 3.08. The Hall–Kier alpha value is -2.37. The molecule has 6 heteroatoms. The highest BCUT2D eigenvalue weighted by Crippen LogP contribution is 2.30. The first-order valence-electron chi connectivity index (χ1n) is 6.42. The lowest BCUT2D eigenvalue weighted by Crippen LogP contribution is -2.38. The number of hydrogen-bond donors (Lipinski definition) is 3. The lowest BCUT2D eigenvalue weighted by atomic mass is 10.1. The highest BCUT2D eigenvalue weighted by molar-refractivity contribution is 5.98. The van der Waals surface area contributed by atoms with E-state index in [1.807, 2.05) is 0 Å². The molecule has 3 N–H and O–H groups in total. The second-order valence-corrected chi connectivity index (χ2v) is 4.87. The molecule has 0 saturated heterocycles. The first kappa shape index (κ1) is 14.0. The Kier molecular flexibility index (Phi) is 4.02. The van der Waals surface area contributed by atoms with Gasteiger partial charge in [-0.05, 0) is 44.0 Å². The van der Waals surface area contributed by atoms with E-state index in [1.165, 1.54) is 6.92 Å². The van der Waals surface area contributed by atoms with E-state index in [2.05, 4.69) is 10.6 Å². The van der Waals surface area contributed by atoms with E-state index < -0.39 is 17.9 Å². The molecule has 1 fully saturated rings. The van der Waals surface area contributed by atoms with Crippen molar-refractivity contribution in [3.8, 4) is 0 Å². The van der Waals surface area contributed by atoms with E-state index in [0.29, 0.717) is 11.3 Å². The van der Waals surface area contributed by atoms with Gasteiger partial charge in [-0.1, -0.05) is 0 Å². The minimum absolute atomic E-state index is 0.00157. The molecule has 6 nitrogen and oxygen atoms in total. The molecule has 106 valence electrons. The number of rotatable bonds is 5. The summed E-state index contributed by atoms with van der Waals surface area (Å²) in [6.07, 6.45) is 1.86. The normalized spacial score (nSPS) is 15.2. The maximum Gasteiger partial charge on any atom is 0.325 e. The van der Waals surface area contributed by atoms with Crippen LogP contribution < -0.4 is 10.6 Å². The van der Waals surface area contributed by atoms with Gasteiger partial charge in [-0.2, -0.15) is 0 Å². The molecule has 0 unspecified atom stereocenters. The molecule has 0 heterocycles. The van der Waals surface area contributed by atoms with Crippen LogP contribution in [0.1, 0.15) is 30.1 Å².